The number of carbonyl (C=O) groups is 1. The molecule has 1 amide bonds. The molecule has 1 aromatic heterocycles. The molecule has 1 unspecified atom stereocenters. The summed E-state index contributed by atoms with van der Waals surface area (Å²) in [5.41, 5.74) is 7.27. The van der Waals surface area contributed by atoms with Crippen molar-refractivity contribution in [3.05, 3.63) is 48.3 Å². The van der Waals surface area contributed by atoms with E-state index in [4.69, 9.17) is 5.73 Å². The lowest BCUT2D eigenvalue weighted by atomic mass is 10.0. The van der Waals surface area contributed by atoms with E-state index in [2.05, 4.69) is 24.3 Å². The van der Waals surface area contributed by atoms with Gasteiger partial charge in [-0.15, -0.1) is 12.4 Å². The Kier molecular flexibility index (Phi) is 7.08. The highest BCUT2D eigenvalue weighted by Crippen LogP contribution is 2.10. The minimum absolute atomic E-state index is 0. The van der Waals surface area contributed by atoms with Gasteiger partial charge in [-0.3, -0.25) is 4.79 Å². The van der Waals surface area contributed by atoms with Gasteiger partial charge < -0.3 is 11.1 Å². The maximum absolute atomic E-state index is 12.2. The molecule has 5 nitrogen and oxygen atoms in total. The van der Waals surface area contributed by atoms with Crippen LogP contribution in [-0.4, -0.2) is 28.3 Å². The Morgan fingerprint density at radius 1 is 1.32 bits per heavy atom. The second-order valence-electron chi connectivity index (χ2n) is 5.53. The van der Waals surface area contributed by atoms with E-state index in [1.165, 1.54) is 0 Å². The summed E-state index contributed by atoms with van der Waals surface area (Å²) >= 11 is 0. The van der Waals surface area contributed by atoms with E-state index >= 15 is 0 Å². The SMILES string of the molecule is CC(C)CC(CN)NC(=O)c1ccc(-n2cccn2)cc1.Cl. The largest absolute Gasteiger partial charge is 0.348 e. The monoisotopic (exact) mass is 322 g/mol. The Morgan fingerprint density at radius 2 is 2.00 bits per heavy atom. The first kappa shape index (κ1) is 18.2. The molecule has 2 aromatic rings. The Hall–Kier alpha value is -1.85. The summed E-state index contributed by atoms with van der Waals surface area (Å²) < 4.78 is 1.75. The number of aromatic nitrogens is 2. The van der Waals surface area contributed by atoms with Gasteiger partial charge >= 0.3 is 0 Å². The molecule has 0 radical (unpaired) electrons. The fraction of sp³-hybridized carbons (Fsp3) is 0.375. The third-order valence-electron chi connectivity index (χ3n) is 3.27. The second-order valence-corrected chi connectivity index (χ2v) is 5.53. The van der Waals surface area contributed by atoms with Crippen molar-refractivity contribution in [1.82, 2.24) is 15.1 Å². The molecule has 1 atom stereocenters. The number of nitrogens with zero attached hydrogens (tertiary/aromatic N) is 2. The Labute approximate surface area is 137 Å². The van der Waals surface area contributed by atoms with Gasteiger partial charge in [0, 0.05) is 30.5 Å². The summed E-state index contributed by atoms with van der Waals surface area (Å²) in [6.45, 7) is 4.69. The van der Waals surface area contributed by atoms with Crippen LogP contribution < -0.4 is 11.1 Å². The number of nitrogens with two attached hydrogens (primary N) is 1. The fourth-order valence-electron chi connectivity index (χ4n) is 2.24. The highest BCUT2D eigenvalue weighted by Gasteiger charge is 2.13. The van der Waals surface area contributed by atoms with E-state index in [-0.39, 0.29) is 24.4 Å². The van der Waals surface area contributed by atoms with Gasteiger partial charge in [-0.25, -0.2) is 4.68 Å². The van der Waals surface area contributed by atoms with Gasteiger partial charge in [-0.2, -0.15) is 5.10 Å². The van der Waals surface area contributed by atoms with Crippen molar-refractivity contribution in [2.24, 2.45) is 11.7 Å². The van der Waals surface area contributed by atoms with E-state index in [0.717, 1.165) is 12.1 Å². The van der Waals surface area contributed by atoms with Crippen LogP contribution in [0.25, 0.3) is 5.69 Å². The first-order valence-electron chi connectivity index (χ1n) is 7.21. The molecule has 1 aromatic carbocycles. The maximum atomic E-state index is 12.2. The Balaban J connectivity index is 0.00000242. The summed E-state index contributed by atoms with van der Waals surface area (Å²) in [7, 11) is 0. The van der Waals surface area contributed by atoms with Gasteiger partial charge in [0.25, 0.3) is 5.91 Å². The van der Waals surface area contributed by atoms with Crippen molar-refractivity contribution < 1.29 is 4.79 Å². The van der Waals surface area contributed by atoms with Crippen LogP contribution in [-0.2, 0) is 0 Å². The summed E-state index contributed by atoms with van der Waals surface area (Å²) in [6, 6.07) is 9.23. The second kappa shape index (κ2) is 8.56. The van der Waals surface area contributed by atoms with Crippen LogP contribution >= 0.6 is 12.4 Å². The predicted molar refractivity (Wildman–Crippen MR) is 90.6 cm³/mol. The number of nitrogens with one attached hydrogen (secondary N) is 1. The minimum Gasteiger partial charge on any atom is -0.348 e. The van der Waals surface area contributed by atoms with Gasteiger partial charge in [0.2, 0.25) is 0 Å². The summed E-state index contributed by atoms with van der Waals surface area (Å²) in [4.78, 5) is 12.2. The van der Waals surface area contributed by atoms with Crippen molar-refractivity contribution in [2.75, 3.05) is 6.54 Å². The molecule has 0 aliphatic heterocycles. The maximum Gasteiger partial charge on any atom is 0.251 e. The smallest absolute Gasteiger partial charge is 0.251 e. The molecule has 0 aliphatic rings. The third kappa shape index (κ3) is 4.86. The van der Waals surface area contributed by atoms with Gasteiger partial charge in [0.05, 0.1) is 5.69 Å². The Bertz CT molecular complexity index is 566. The summed E-state index contributed by atoms with van der Waals surface area (Å²) in [6.07, 6.45) is 4.47. The third-order valence-corrected chi connectivity index (χ3v) is 3.27. The standard InChI is InChI=1S/C16H22N4O.ClH/c1-12(2)10-14(11-17)19-16(21)13-4-6-15(7-5-13)20-9-3-8-18-20;/h3-9,12,14H,10-11,17H2,1-2H3,(H,19,21);1H. The van der Waals surface area contributed by atoms with E-state index in [9.17, 15) is 4.79 Å². The molecular formula is C16H23ClN4O. The van der Waals surface area contributed by atoms with Crippen LogP contribution in [0.2, 0.25) is 0 Å². The van der Waals surface area contributed by atoms with E-state index in [1.54, 1.807) is 23.0 Å². The highest BCUT2D eigenvalue weighted by atomic mass is 35.5. The van der Waals surface area contributed by atoms with Crippen molar-refractivity contribution in [1.29, 1.82) is 0 Å². The highest BCUT2D eigenvalue weighted by molar-refractivity contribution is 5.94. The van der Waals surface area contributed by atoms with Crippen molar-refractivity contribution >= 4 is 18.3 Å². The van der Waals surface area contributed by atoms with Crippen LogP contribution in [0.4, 0.5) is 0 Å². The molecule has 0 spiro atoms. The summed E-state index contributed by atoms with van der Waals surface area (Å²) in [5, 5.41) is 7.14. The summed E-state index contributed by atoms with van der Waals surface area (Å²) in [5.74, 6) is 0.416. The van der Waals surface area contributed by atoms with E-state index in [0.29, 0.717) is 18.0 Å². The van der Waals surface area contributed by atoms with Crippen LogP contribution in [0.3, 0.4) is 0 Å². The molecule has 6 heteroatoms. The number of carbonyl (C=O) groups excluding carboxylic acids is 1. The minimum atomic E-state index is -0.0851. The lowest BCUT2D eigenvalue weighted by molar-refractivity contribution is 0.0934. The lowest BCUT2D eigenvalue weighted by Gasteiger charge is -2.18. The van der Waals surface area contributed by atoms with Crippen LogP contribution in [0.5, 0.6) is 0 Å². The first-order chi connectivity index (χ1) is 10.1. The van der Waals surface area contributed by atoms with Crippen molar-refractivity contribution in [2.45, 2.75) is 26.3 Å². The Morgan fingerprint density at radius 3 is 2.50 bits per heavy atom. The fourth-order valence-corrected chi connectivity index (χ4v) is 2.24. The molecular weight excluding hydrogens is 300 g/mol. The zero-order chi connectivity index (χ0) is 15.2. The molecule has 0 aliphatic carbocycles. The molecule has 22 heavy (non-hydrogen) atoms. The number of halogens is 1. The normalized spacial score (nSPS) is 11.8. The topological polar surface area (TPSA) is 72.9 Å². The van der Waals surface area contributed by atoms with Gasteiger partial charge in [-0.05, 0) is 42.7 Å². The van der Waals surface area contributed by atoms with Gasteiger partial charge in [0.15, 0.2) is 0 Å². The molecule has 0 bridgehead atoms. The number of hydrogen-bond acceptors (Lipinski definition) is 3. The molecule has 0 fully saturated rings. The number of rotatable bonds is 6. The van der Waals surface area contributed by atoms with Crippen molar-refractivity contribution in [3.63, 3.8) is 0 Å². The zero-order valence-corrected chi connectivity index (χ0v) is 13.7. The number of hydrogen-bond donors (Lipinski definition) is 2. The average molecular weight is 323 g/mol. The molecule has 0 saturated heterocycles. The van der Waals surface area contributed by atoms with E-state index in [1.807, 2.05) is 24.4 Å². The molecule has 0 saturated carbocycles. The predicted octanol–water partition coefficient (Wildman–Crippen LogP) is 2.40. The van der Waals surface area contributed by atoms with Crippen LogP contribution in [0.1, 0.15) is 30.6 Å². The molecule has 3 N–H and O–H groups in total. The first-order valence-corrected chi connectivity index (χ1v) is 7.21. The quantitative estimate of drug-likeness (QED) is 0.857. The van der Waals surface area contributed by atoms with Crippen LogP contribution in [0.15, 0.2) is 42.7 Å². The average Bonchev–Trinajstić information content (AvgIpc) is 3.00. The molecule has 2 rings (SSSR count). The van der Waals surface area contributed by atoms with Gasteiger partial charge in [0.1, 0.15) is 0 Å². The molecule has 120 valence electrons. The number of amides is 1. The zero-order valence-electron chi connectivity index (χ0n) is 12.9. The van der Waals surface area contributed by atoms with Crippen LogP contribution in [0, 0.1) is 5.92 Å². The van der Waals surface area contributed by atoms with E-state index < -0.39 is 0 Å². The van der Waals surface area contributed by atoms with Gasteiger partial charge in [-0.1, -0.05) is 13.8 Å². The number of benzene rings is 1. The molecule has 1 heterocycles. The lowest BCUT2D eigenvalue weighted by Crippen LogP contribution is -2.41. The van der Waals surface area contributed by atoms with Crippen molar-refractivity contribution in [3.8, 4) is 5.69 Å².